The van der Waals surface area contributed by atoms with Crippen LogP contribution in [0.2, 0.25) is 0 Å². The van der Waals surface area contributed by atoms with Crippen LogP contribution in [0.1, 0.15) is 32.5 Å². The molecule has 1 aromatic heterocycles. The first-order valence-corrected chi connectivity index (χ1v) is 12.2. The molecule has 0 bridgehead atoms. The van der Waals surface area contributed by atoms with Crippen LogP contribution in [0.5, 0.6) is 11.5 Å². The third kappa shape index (κ3) is 4.55. The monoisotopic (exact) mass is 471 g/mol. The number of nitrogens with zero attached hydrogens (tertiary/aromatic N) is 2. The maximum absolute atomic E-state index is 12.9. The van der Waals surface area contributed by atoms with E-state index in [0.29, 0.717) is 23.4 Å². The number of alkyl halides is 2. The van der Waals surface area contributed by atoms with Gasteiger partial charge in [-0.25, -0.2) is 0 Å². The average Bonchev–Trinajstić information content (AvgIpc) is 3.05. The van der Waals surface area contributed by atoms with E-state index in [9.17, 15) is 22.7 Å². The molecule has 0 aliphatic carbocycles. The molecule has 1 fully saturated rings. The molecule has 0 saturated carbocycles. The van der Waals surface area contributed by atoms with Crippen molar-refractivity contribution in [2.24, 2.45) is 5.92 Å². The van der Waals surface area contributed by atoms with Gasteiger partial charge in [-0.1, -0.05) is 12.1 Å². The van der Waals surface area contributed by atoms with Crippen LogP contribution < -0.4 is 14.8 Å². The Morgan fingerprint density at radius 2 is 2.09 bits per heavy atom. The maximum Gasteiger partial charge on any atom is 0.387 e. The van der Waals surface area contributed by atoms with Crippen LogP contribution in [-0.4, -0.2) is 55.1 Å². The standard InChI is InChI=1S/C21H27F2N3O5S/c1-12(2)26-16-8-14(19(27)24-21(3)10-32(28,29)11-21)9-30-18(16)17(25-26)13-5-4-6-15(7-13)31-20(22)23/h4-7,12,14,20,28-29H,8-11H2,1-3H3,(H,24,27). The second-order valence-corrected chi connectivity index (χ2v) is 11.1. The average molecular weight is 472 g/mol. The Labute approximate surface area is 186 Å². The van der Waals surface area contributed by atoms with Gasteiger partial charge in [0.25, 0.3) is 0 Å². The summed E-state index contributed by atoms with van der Waals surface area (Å²) in [7, 11) is -2.59. The van der Waals surface area contributed by atoms with Gasteiger partial charge in [0.2, 0.25) is 5.91 Å². The van der Waals surface area contributed by atoms with Gasteiger partial charge in [-0.3, -0.25) is 18.6 Å². The summed E-state index contributed by atoms with van der Waals surface area (Å²) in [5.74, 6) is 0.181. The predicted molar refractivity (Wildman–Crippen MR) is 116 cm³/mol. The molecule has 0 spiro atoms. The molecule has 11 heteroatoms. The molecular formula is C21H27F2N3O5S. The van der Waals surface area contributed by atoms with Gasteiger partial charge in [0.1, 0.15) is 18.1 Å². The van der Waals surface area contributed by atoms with Gasteiger partial charge < -0.3 is 14.8 Å². The zero-order valence-electron chi connectivity index (χ0n) is 18.0. The molecule has 0 radical (unpaired) electrons. The highest BCUT2D eigenvalue weighted by molar-refractivity contribution is 8.25. The minimum atomic E-state index is -2.93. The first-order valence-electron chi connectivity index (χ1n) is 10.3. The van der Waals surface area contributed by atoms with Gasteiger partial charge in [0, 0.05) is 18.0 Å². The molecule has 2 aliphatic rings. The van der Waals surface area contributed by atoms with Crippen molar-refractivity contribution in [3.8, 4) is 22.8 Å². The Morgan fingerprint density at radius 3 is 2.72 bits per heavy atom. The van der Waals surface area contributed by atoms with Gasteiger partial charge >= 0.3 is 6.61 Å². The summed E-state index contributed by atoms with van der Waals surface area (Å²) >= 11 is 0. The van der Waals surface area contributed by atoms with Crippen molar-refractivity contribution >= 4 is 16.5 Å². The SMILES string of the molecule is CC(C)n1nc(-c2cccc(OC(F)F)c2)c2c1CC(C(=O)NC1(C)CS(O)(O)C1)CO2. The smallest absolute Gasteiger partial charge is 0.387 e. The lowest BCUT2D eigenvalue weighted by molar-refractivity contribution is -0.127. The van der Waals surface area contributed by atoms with Crippen LogP contribution in [-0.2, 0) is 11.2 Å². The van der Waals surface area contributed by atoms with E-state index in [1.807, 2.05) is 13.8 Å². The largest absolute Gasteiger partial charge is 0.488 e. The lowest BCUT2D eigenvalue weighted by Crippen LogP contribution is -2.62. The summed E-state index contributed by atoms with van der Waals surface area (Å²) in [4.78, 5) is 12.9. The lowest BCUT2D eigenvalue weighted by Gasteiger charge is -2.54. The van der Waals surface area contributed by atoms with Crippen molar-refractivity contribution in [2.45, 2.75) is 45.4 Å². The molecule has 1 amide bonds. The zero-order chi connectivity index (χ0) is 23.3. The van der Waals surface area contributed by atoms with E-state index in [4.69, 9.17) is 4.74 Å². The van der Waals surface area contributed by atoms with Gasteiger partial charge in [-0.15, -0.1) is 0 Å². The molecule has 3 N–H and O–H groups in total. The number of amides is 1. The summed E-state index contributed by atoms with van der Waals surface area (Å²) in [6.45, 7) is 2.91. The summed E-state index contributed by atoms with van der Waals surface area (Å²) < 4.78 is 56.9. The molecule has 2 aromatic rings. The van der Waals surface area contributed by atoms with Crippen molar-refractivity contribution in [1.82, 2.24) is 15.1 Å². The fraction of sp³-hybridized carbons (Fsp3) is 0.524. The molecule has 2 aliphatic heterocycles. The van der Waals surface area contributed by atoms with E-state index >= 15 is 0 Å². The molecule has 32 heavy (non-hydrogen) atoms. The van der Waals surface area contributed by atoms with E-state index in [-0.39, 0.29) is 35.8 Å². The Bertz CT molecular complexity index is 1020. The number of carbonyl (C=O) groups excluding carboxylic acids is 1. The molecule has 4 rings (SSSR count). The summed E-state index contributed by atoms with van der Waals surface area (Å²) in [5, 5.41) is 7.58. The predicted octanol–water partition coefficient (Wildman–Crippen LogP) is 3.92. The number of hydrogen-bond donors (Lipinski definition) is 3. The summed E-state index contributed by atoms with van der Waals surface area (Å²) in [5.41, 5.74) is 1.20. The quantitative estimate of drug-likeness (QED) is 0.590. The minimum Gasteiger partial charge on any atom is -0.488 e. The Kier molecular flexibility index (Phi) is 5.84. The van der Waals surface area contributed by atoms with Crippen molar-refractivity contribution in [2.75, 3.05) is 18.1 Å². The van der Waals surface area contributed by atoms with E-state index in [1.165, 1.54) is 12.1 Å². The van der Waals surface area contributed by atoms with Crippen LogP contribution >= 0.6 is 10.6 Å². The Hall–Kier alpha value is -2.37. The van der Waals surface area contributed by atoms with Gasteiger partial charge in [0.05, 0.1) is 28.7 Å². The topological polar surface area (TPSA) is 106 Å². The molecule has 1 aromatic carbocycles. The number of benzene rings is 1. The second kappa shape index (κ2) is 8.20. The number of halogens is 2. The van der Waals surface area contributed by atoms with Crippen molar-refractivity contribution in [3.63, 3.8) is 0 Å². The van der Waals surface area contributed by atoms with Gasteiger partial charge in [0.15, 0.2) is 5.75 Å². The fourth-order valence-corrected chi connectivity index (χ4v) is 6.42. The van der Waals surface area contributed by atoms with Crippen molar-refractivity contribution < 1.29 is 32.2 Å². The molecule has 1 unspecified atom stereocenters. The number of fused-ring (bicyclic) bond motifs is 1. The van der Waals surface area contributed by atoms with Crippen molar-refractivity contribution in [1.29, 1.82) is 0 Å². The molecule has 176 valence electrons. The Balaban J connectivity index is 1.58. The number of aromatic nitrogens is 2. The first kappa shape index (κ1) is 22.8. The number of carbonyl (C=O) groups is 1. The van der Waals surface area contributed by atoms with Crippen LogP contribution in [0, 0.1) is 5.92 Å². The summed E-state index contributed by atoms with van der Waals surface area (Å²) in [6, 6.07) is 6.26. The fourth-order valence-electron chi connectivity index (χ4n) is 4.32. The number of ether oxygens (including phenoxy) is 2. The molecule has 1 saturated heterocycles. The van der Waals surface area contributed by atoms with Crippen LogP contribution in [0.4, 0.5) is 8.78 Å². The van der Waals surface area contributed by atoms with E-state index in [2.05, 4.69) is 15.2 Å². The zero-order valence-corrected chi connectivity index (χ0v) is 18.9. The maximum atomic E-state index is 12.9. The molecule has 8 nitrogen and oxygen atoms in total. The normalized spacial score (nSPS) is 22.0. The van der Waals surface area contributed by atoms with Crippen molar-refractivity contribution in [3.05, 3.63) is 30.0 Å². The third-order valence-electron chi connectivity index (χ3n) is 5.55. The third-order valence-corrected chi connectivity index (χ3v) is 7.75. The highest BCUT2D eigenvalue weighted by atomic mass is 32.3. The summed E-state index contributed by atoms with van der Waals surface area (Å²) in [6.07, 6.45) is 0.395. The van der Waals surface area contributed by atoms with Gasteiger partial charge in [-0.05, 0) is 32.9 Å². The van der Waals surface area contributed by atoms with Crippen LogP contribution in [0.25, 0.3) is 11.3 Å². The Morgan fingerprint density at radius 1 is 1.38 bits per heavy atom. The van der Waals surface area contributed by atoms with E-state index < -0.39 is 28.7 Å². The number of hydrogen-bond acceptors (Lipinski definition) is 6. The second-order valence-electron chi connectivity index (χ2n) is 8.92. The minimum absolute atomic E-state index is 0.0134. The first-order chi connectivity index (χ1) is 15.0. The number of rotatable bonds is 6. The molecule has 3 heterocycles. The van der Waals surface area contributed by atoms with Crippen LogP contribution in [0.15, 0.2) is 24.3 Å². The highest BCUT2D eigenvalue weighted by Crippen LogP contribution is 2.54. The number of nitrogens with one attached hydrogen (secondary N) is 1. The van der Waals surface area contributed by atoms with E-state index in [1.54, 1.807) is 23.7 Å². The molecule has 1 atom stereocenters. The molecular weight excluding hydrogens is 444 g/mol. The van der Waals surface area contributed by atoms with E-state index in [0.717, 1.165) is 5.69 Å². The van der Waals surface area contributed by atoms with Gasteiger partial charge in [-0.2, -0.15) is 24.5 Å². The van der Waals surface area contributed by atoms with Crippen LogP contribution in [0.3, 0.4) is 0 Å². The highest BCUT2D eigenvalue weighted by Gasteiger charge is 2.47. The lowest BCUT2D eigenvalue weighted by atomic mass is 9.96.